The lowest BCUT2D eigenvalue weighted by atomic mass is 9.81. The van der Waals surface area contributed by atoms with Gasteiger partial charge in [-0.3, -0.25) is 14.4 Å². The summed E-state index contributed by atoms with van der Waals surface area (Å²) in [6.07, 6.45) is 3.15. The largest absolute Gasteiger partial charge is 0.427 e. The quantitative estimate of drug-likeness (QED) is 0.477. The molecule has 0 unspecified atom stereocenters. The van der Waals surface area contributed by atoms with Crippen LogP contribution in [-0.2, 0) is 14.4 Å². The van der Waals surface area contributed by atoms with Crippen LogP contribution in [0.15, 0.2) is 24.3 Å². The fraction of sp³-hybridized carbons (Fsp3) is 0.471. The van der Waals surface area contributed by atoms with Gasteiger partial charge in [-0.25, -0.2) is 4.90 Å². The van der Waals surface area contributed by atoms with Crippen molar-refractivity contribution in [2.45, 2.75) is 26.2 Å². The van der Waals surface area contributed by atoms with Crippen molar-refractivity contribution >= 4 is 23.5 Å². The number of amides is 2. The van der Waals surface area contributed by atoms with Gasteiger partial charge in [0, 0.05) is 13.0 Å². The number of benzene rings is 1. The predicted molar refractivity (Wildman–Crippen MR) is 78.1 cm³/mol. The van der Waals surface area contributed by atoms with Crippen molar-refractivity contribution < 1.29 is 19.1 Å². The fourth-order valence-electron chi connectivity index (χ4n) is 4.52. The lowest BCUT2D eigenvalue weighted by molar-refractivity contribution is -0.132. The van der Waals surface area contributed by atoms with Gasteiger partial charge in [0.05, 0.1) is 17.5 Å². The second-order valence-corrected chi connectivity index (χ2v) is 6.49. The Morgan fingerprint density at radius 1 is 1.14 bits per heavy atom. The van der Waals surface area contributed by atoms with Crippen molar-refractivity contribution in [3.8, 4) is 5.75 Å². The van der Waals surface area contributed by atoms with Gasteiger partial charge in [0.15, 0.2) is 0 Å². The molecule has 0 aromatic heterocycles. The lowest BCUT2D eigenvalue weighted by Crippen LogP contribution is -2.32. The molecule has 5 nitrogen and oxygen atoms in total. The number of rotatable bonds is 2. The summed E-state index contributed by atoms with van der Waals surface area (Å²) in [5, 5.41) is 0. The van der Waals surface area contributed by atoms with Gasteiger partial charge in [-0.15, -0.1) is 0 Å². The van der Waals surface area contributed by atoms with Gasteiger partial charge in [0.1, 0.15) is 5.75 Å². The van der Waals surface area contributed by atoms with E-state index < -0.39 is 5.97 Å². The van der Waals surface area contributed by atoms with E-state index in [2.05, 4.69) is 0 Å². The van der Waals surface area contributed by atoms with E-state index in [1.165, 1.54) is 11.8 Å². The molecule has 22 heavy (non-hydrogen) atoms. The molecule has 0 N–H and O–H groups in total. The van der Waals surface area contributed by atoms with Crippen molar-refractivity contribution in [2.24, 2.45) is 23.7 Å². The Balaban J connectivity index is 1.67. The second-order valence-electron chi connectivity index (χ2n) is 6.49. The molecule has 2 bridgehead atoms. The zero-order valence-corrected chi connectivity index (χ0v) is 12.3. The number of esters is 1. The second kappa shape index (κ2) is 4.66. The Bertz CT molecular complexity index is 655. The molecule has 4 rings (SSSR count). The van der Waals surface area contributed by atoms with Crippen LogP contribution in [0.3, 0.4) is 0 Å². The number of carbonyl (C=O) groups excluding carboxylic acids is 3. The van der Waals surface area contributed by atoms with Crippen LogP contribution in [0.4, 0.5) is 5.69 Å². The highest BCUT2D eigenvalue weighted by Crippen LogP contribution is 2.56. The van der Waals surface area contributed by atoms with Crippen molar-refractivity contribution in [3.63, 3.8) is 0 Å². The average molecular weight is 299 g/mol. The van der Waals surface area contributed by atoms with Gasteiger partial charge in [0.2, 0.25) is 11.8 Å². The van der Waals surface area contributed by atoms with Crippen LogP contribution in [-0.4, -0.2) is 17.8 Å². The van der Waals surface area contributed by atoms with Crippen molar-refractivity contribution in [1.29, 1.82) is 0 Å². The third-order valence-electron chi connectivity index (χ3n) is 5.26. The fourth-order valence-corrected chi connectivity index (χ4v) is 4.52. The van der Waals surface area contributed by atoms with Gasteiger partial charge >= 0.3 is 5.97 Å². The van der Waals surface area contributed by atoms with Crippen LogP contribution in [0.5, 0.6) is 5.75 Å². The molecule has 0 radical (unpaired) electrons. The van der Waals surface area contributed by atoms with Gasteiger partial charge in [-0.2, -0.15) is 0 Å². The Kier molecular flexibility index (Phi) is 2.86. The van der Waals surface area contributed by atoms with Crippen LogP contribution in [0.25, 0.3) is 0 Å². The zero-order valence-electron chi connectivity index (χ0n) is 12.3. The minimum atomic E-state index is -0.425. The average Bonchev–Trinajstić information content (AvgIpc) is 3.12. The molecule has 1 saturated heterocycles. The molecule has 1 aromatic rings. The van der Waals surface area contributed by atoms with E-state index in [1.807, 2.05) is 0 Å². The van der Waals surface area contributed by atoms with Crippen molar-refractivity contribution in [2.75, 3.05) is 4.90 Å². The Labute approximate surface area is 128 Å². The maximum Gasteiger partial charge on any atom is 0.308 e. The van der Waals surface area contributed by atoms with Gasteiger partial charge < -0.3 is 4.74 Å². The van der Waals surface area contributed by atoms with Gasteiger partial charge in [-0.05, 0) is 43.2 Å². The monoisotopic (exact) mass is 299 g/mol. The van der Waals surface area contributed by atoms with Crippen LogP contribution in [0, 0.1) is 23.7 Å². The molecule has 0 spiro atoms. The number of carbonyl (C=O) groups is 3. The smallest absolute Gasteiger partial charge is 0.308 e. The topological polar surface area (TPSA) is 63.7 Å². The molecule has 1 aromatic carbocycles. The maximum absolute atomic E-state index is 12.7. The van der Waals surface area contributed by atoms with E-state index in [4.69, 9.17) is 4.74 Å². The molecule has 5 heteroatoms. The van der Waals surface area contributed by atoms with E-state index in [9.17, 15) is 14.4 Å². The molecule has 3 fully saturated rings. The maximum atomic E-state index is 12.7. The normalized spacial score (nSPS) is 32.5. The standard InChI is InChI=1S/C17H17NO4/c1-9(19)22-13-4-2-3-12(8-13)18-16(20)14-10-5-6-11(7-10)15(14)17(18)21/h2-4,8,10-11,14-15H,5-7H2,1H3/t10-,11-,14+,15+/m0/s1. The summed E-state index contributed by atoms with van der Waals surface area (Å²) in [5.41, 5.74) is 0.502. The molecule has 2 saturated carbocycles. The summed E-state index contributed by atoms with van der Waals surface area (Å²) in [6.45, 7) is 1.32. The number of nitrogens with zero attached hydrogens (tertiary/aromatic N) is 1. The molecular formula is C17H17NO4. The minimum Gasteiger partial charge on any atom is -0.427 e. The number of fused-ring (bicyclic) bond motifs is 5. The van der Waals surface area contributed by atoms with Crippen LogP contribution < -0.4 is 9.64 Å². The Hall–Kier alpha value is -2.17. The SMILES string of the molecule is CC(=O)Oc1cccc(N2C(=O)[C@@H]3[C@H]4CC[C@@H](C4)[C@H]3C2=O)c1. The van der Waals surface area contributed by atoms with Gasteiger partial charge in [-0.1, -0.05) is 6.07 Å². The predicted octanol–water partition coefficient (Wildman–Crippen LogP) is 2.15. The molecule has 2 amide bonds. The Morgan fingerprint density at radius 3 is 2.36 bits per heavy atom. The van der Waals surface area contributed by atoms with E-state index in [0.717, 1.165) is 19.3 Å². The number of ether oxygens (including phenoxy) is 1. The number of anilines is 1. The van der Waals surface area contributed by atoms with E-state index in [-0.39, 0.29) is 23.7 Å². The molecule has 4 atom stereocenters. The van der Waals surface area contributed by atoms with E-state index in [0.29, 0.717) is 23.3 Å². The zero-order chi connectivity index (χ0) is 15.4. The van der Waals surface area contributed by atoms with Crippen LogP contribution in [0.1, 0.15) is 26.2 Å². The highest BCUT2D eigenvalue weighted by atomic mass is 16.5. The summed E-state index contributed by atoms with van der Waals surface area (Å²) in [6, 6.07) is 6.63. The first-order valence-electron chi connectivity index (χ1n) is 7.72. The molecule has 1 heterocycles. The highest BCUT2D eigenvalue weighted by molar-refractivity contribution is 6.22. The molecule has 1 aliphatic heterocycles. The first kappa shape index (κ1) is 13.5. The molecule has 2 aliphatic carbocycles. The first-order chi connectivity index (χ1) is 10.6. The van der Waals surface area contributed by atoms with E-state index in [1.54, 1.807) is 24.3 Å². The van der Waals surface area contributed by atoms with Gasteiger partial charge in [0.25, 0.3) is 0 Å². The Morgan fingerprint density at radius 2 is 1.77 bits per heavy atom. The van der Waals surface area contributed by atoms with Crippen molar-refractivity contribution in [1.82, 2.24) is 0 Å². The summed E-state index contributed by atoms with van der Waals surface area (Å²) < 4.78 is 5.05. The summed E-state index contributed by atoms with van der Waals surface area (Å²) in [4.78, 5) is 37.8. The third-order valence-corrected chi connectivity index (χ3v) is 5.26. The number of imide groups is 1. The molecule has 3 aliphatic rings. The van der Waals surface area contributed by atoms with Crippen LogP contribution in [0.2, 0.25) is 0 Å². The molecular weight excluding hydrogens is 282 g/mol. The number of hydrogen-bond donors (Lipinski definition) is 0. The van der Waals surface area contributed by atoms with Crippen molar-refractivity contribution in [3.05, 3.63) is 24.3 Å². The minimum absolute atomic E-state index is 0.0813. The highest BCUT2D eigenvalue weighted by Gasteiger charge is 2.61. The lowest BCUT2D eigenvalue weighted by Gasteiger charge is -2.19. The number of hydrogen-bond acceptors (Lipinski definition) is 4. The molecule has 114 valence electrons. The summed E-state index contributed by atoms with van der Waals surface area (Å²) in [7, 11) is 0. The first-order valence-corrected chi connectivity index (χ1v) is 7.72. The third kappa shape index (κ3) is 1.81. The van der Waals surface area contributed by atoms with Crippen LogP contribution >= 0.6 is 0 Å². The summed E-state index contributed by atoms with van der Waals surface area (Å²) >= 11 is 0. The summed E-state index contributed by atoms with van der Waals surface area (Å²) in [5.74, 6) is 0.231. The van der Waals surface area contributed by atoms with E-state index >= 15 is 0 Å².